The van der Waals surface area contributed by atoms with Crippen LogP contribution >= 0.6 is 0 Å². The van der Waals surface area contributed by atoms with Gasteiger partial charge in [-0.05, 0) is 43.7 Å². The zero-order valence-electron chi connectivity index (χ0n) is 13.3. The lowest BCUT2D eigenvalue weighted by atomic mass is 9.88. The average Bonchev–Trinajstić information content (AvgIpc) is 2.61. The van der Waals surface area contributed by atoms with Gasteiger partial charge in [0.25, 0.3) is 0 Å². The van der Waals surface area contributed by atoms with Gasteiger partial charge >= 0.3 is 0 Å². The Balaban J connectivity index is 1.47. The fourth-order valence-electron chi connectivity index (χ4n) is 3.78. The standard InChI is InChI=1S/C18H27N3O/c22-18(16-6-2-1-3-7-16)20-13-15-5-4-12-21(14-15)17-8-10-19-11-9-17/h8-11,15-16H,1-7,12-14H2,(H,20,22). The van der Waals surface area contributed by atoms with Crippen LogP contribution in [0.25, 0.3) is 0 Å². The molecule has 0 radical (unpaired) electrons. The van der Waals surface area contributed by atoms with Crippen LogP contribution in [0, 0.1) is 11.8 Å². The summed E-state index contributed by atoms with van der Waals surface area (Å²) in [6.07, 6.45) is 12.0. The third-order valence-corrected chi connectivity index (χ3v) is 5.09. The van der Waals surface area contributed by atoms with Gasteiger partial charge in [0.15, 0.2) is 0 Å². The van der Waals surface area contributed by atoms with Gasteiger partial charge in [0.2, 0.25) is 5.91 Å². The van der Waals surface area contributed by atoms with Crippen LogP contribution < -0.4 is 10.2 Å². The quantitative estimate of drug-likeness (QED) is 0.930. The van der Waals surface area contributed by atoms with Gasteiger partial charge < -0.3 is 10.2 Å². The van der Waals surface area contributed by atoms with Gasteiger partial charge in [-0.1, -0.05) is 19.3 Å². The lowest BCUT2D eigenvalue weighted by Gasteiger charge is -2.34. The van der Waals surface area contributed by atoms with Crippen molar-refractivity contribution in [3.8, 4) is 0 Å². The fraction of sp³-hybridized carbons (Fsp3) is 0.667. The highest BCUT2D eigenvalue weighted by Crippen LogP contribution is 2.25. The summed E-state index contributed by atoms with van der Waals surface area (Å²) >= 11 is 0. The second kappa shape index (κ2) is 7.61. The van der Waals surface area contributed by atoms with Crippen molar-refractivity contribution in [3.63, 3.8) is 0 Å². The molecule has 4 nitrogen and oxygen atoms in total. The molecule has 1 unspecified atom stereocenters. The largest absolute Gasteiger partial charge is 0.371 e. The van der Waals surface area contributed by atoms with Crippen molar-refractivity contribution in [1.82, 2.24) is 10.3 Å². The number of pyridine rings is 1. The van der Waals surface area contributed by atoms with E-state index in [1.54, 1.807) is 0 Å². The highest BCUT2D eigenvalue weighted by atomic mass is 16.1. The molecule has 1 amide bonds. The maximum atomic E-state index is 12.3. The van der Waals surface area contributed by atoms with Crippen molar-refractivity contribution < 1.29 is 4.79 Å². The molecule has 1 atom stereocenters. The summed E-state index contributed by atoms with van der Waals surface area (Å²) in [6, 6.07) is 4.14. The molecular formula is C18H27N3O. The second-order valence-electron chi connectivity index (χ2n) is 6.74. The highest BCUT2D eigenvalue weighted by Gasteiger charge is 2.24. The number of hydrogen-bond acceptors (Lipinski definition) is 3. The topological polar surface area (TPSA) is 45.2 Å². The van der Waals surface area contributed by atoms with Crippen LogP contribution in [-0.4, -0.2) is 30.5 Å². The van der Waals surface area contributed by atoms with Crippen molar-refractivity contribution in [2.45, 2.75) is 44.9 Å². The average molecular weight is 301 g/mol. The molecular weight excluding hydrogens is 274 g/mol. The predicted molar refractivity (Wildman–Crippen MR) is 88.8 cm³/mol. The lowest BCUT2D eigenvalue weighted by Crippen LogP contribution is -2.42. The monoisotopic (exact) mass is 301 g/mol. The molecule has 1 saturated carbocycles. The third-order valence-electron chi connectivity index (χ3n) is 5.09. The Morgan fingerprint density at radius 3 is 2.68 bits per heavy atom. The van der Waals surface area contributed by atoms with Gasteiger partial charge in [-0.3, -0.25) is 9.78 Å². The van der Waals surface area contributed by atoms with Gasteiger partial charge in [0, 0.05) is 43.6 Å². The van der Waals surface area contributed by atoms with E-state index in [-0.39, 0.29) is 5.92 Å². The third kappa shape index (κ3) is 3.99. The Bertz CT molecular complexity index is 470. The van der Waals surface area contributed by atoms with Gasteiger partial charge in [-0.25, -0.2) is 0 Å². The summed E-state index contributed by atoms with van der Waals surface area (Å²) in [5.74, 6) is 1.13. The molecule has 2 aliphatic rings. The van der Waals surface area contributed by atoms with E-state index in [9.17, 15) is 4.79 Å². The van der Waals surface area contributed by atoms with Gasteiger partial charge in [-0.2, -0.15) is 0 Å². The SMILES string of the molecule is O=C(NCC1CCCN(c2ccncc2)C1)C1CCCCC1. The molecule has 0 aromatic carbocycles. The van der Waals surface area contributed by atoms with Crippen molar-refractivity contribution >= 4 is 11.6 Å². The molecule has 1 aliphatic carbocycles. The Morgan fingerprint density at radius 2 is 1.91 bits per heavy atom. The summed E-state index contributed by atoms with van der Waals surface area (Å²) in [5.41, 5.74) is 1.25. The Morgan fingerprint density at radius 1 is 1.14 bits per heavy atom. The minimum absolute atomic E-state index is 0.272. The van der Waals surface area contributed by atoms with E-state index in [1.807, 2.05) is 12.4 Å². The number of carbonyl (C=O) groups excluding carboxylic acids is 1. The normalized spacial score (nSPS) is 23.3. The summed E-state index contributed by atoms with van der Waals surface area (Å²) < 4.78 is 0. The second-order valence-corrected chi connectivity index (χ2v) is 6.74. The molecule has 0 spiro atoms. The van der Waals surface area contributed by atoms with Crippen molar-refractivity contribution in [1.29, 1.82) is 0 Å². The van der Waals surface area contributed by atoms with Gasteiger partial charge in [0.1, 0.15) is 0 Å². The van der Waals surface area contributed by atoms with E-state index in [2.05, 4.69) is 27.3 Å². The molecule has 0 bridgehead atoms. The van der Waals surface area contributed by atoms with Crippen LogP contribution in [0.1, 0.15) is 44.9 Å². The van der Waals surface area contributed by atoms with Crippen LogP contribution in [0.3, 0.4) is 0 Å². The zero-order chi connectivity index (χ0) is 15.2. The Hall–Kier alpha value is -1.58. The highest BCUT2D eigenvalue weighted by molar-refractivity contribution is 5.78. The zero-order valence-corrected chi connectivity index (χ0v) is 13.3. The molecule has 120 valence electrons. The van der Waals surface area contributed by atoms with E-state index in [4.69, 9.17) is 0 Å². The van der Waals surface area contributed by atoms with Crippen LogP contribution in [-0.2, 0) is 4.79 Å². The summed E-state index contributed by atoms with van der Waals surface area (Å²) in [7, 11) is 0. The first-order valence-corrected chi connectivity index (χ1v) is 8.75. The van der Waals surface area contributed by atoms with E-state index < -0.39 is 0 Å². The van der Waals surface area contributed by atoms with Crippen LogP contribution in [0.5, 0.6) is 0 Å². The minimum atomic E-state index is 0.272. The molecule has 1 N–H and O–H groups in total. The van der Waals surface area contributed by atoms with Crippen LogP contribution in [0.15, 0.2) is 24.5 Å². The summed E-state index contributed by atoms with van der Waals surface area (Å²) in [4.78, 5) is 18.8. The molecule has 1 saturated heterocycles. The van der Waals surface area contributed by atoms with E-state index in [1.165, 1.54) is 37.8 Å². The number of nitrogens with one attached hydrogen (secondary N) is 1. The van der Waals surface area contributed by atoms with Crippen LogP contribution in [0.2, 0.25) is 0 Å². The lowest BCUT2D eigenvalue weighted by molar-refractivity contribution is -0.126. The summed E-state index contributed by atoms with van der Waals surface area (Å²) in [6.45, 7) is 2.98. The maximum Gasteiger partial charge on any atom is 0.223 e. The number of hydrogen-bond donors (Lipinski definition) is 1. The summed E-state index contributed by atoms with van der Waals surface area (Å²) in [5, 5.41) is 3.22. The minimum Gasteiger partial charge on any atom is -0.371 e. The number of aromatic nitrogens is 1. The van der Waals surface area contributed by atoms with Crippen molar-refractivity contribution in [2.75, 3.05) is 24.5 Å². The molecule has 1 aromatic rings. The van der Waals surface area contributed by atoms with E-state index in [0.717, 1.165) is 32.5 Å². The number of piperidine rings is 1. The smallest absolute Gasteiger partial charge is 0.223 e. The fourth-order valence-corrected chi connectivity index (χ4v) is 3.78. The van der Waals surface area contributed by atoms with Crippen LogP contribution in [0.4, 0.5) is 5.69 Å². The molecule has 4 heteroatoms. The number of rotatable bonds is 4. The number of carbonyl (C=O) groups is 1. The maximum absolute atomic E-state index is 12.3. The predicted octanol–water partition coefficient (Wildman–Crippen LogP) is 2.99. The molecule has 3 rings (SSSR count). The molecule has 1 aromatic heterocycles. The number of nitrogens with zero attached hydrogens (tertiary/aromatic N) is 2. The van der Waals surface area contributed by atoms with Gasteiger partial charge in [-0.15, -0.1) is 0 Å². The molecule has 1 aliphatic heterocycles. The van der Waals surface area contributed by atoms with E-state index >= 15 is 0 Å². The molecule has 2 fully saturated rings. The molecule has 2 heterocycles. The first-order chi connectivity index (χ1) is 10.8. The number of amides is 1. The molecule has 22 heavy (non-hydrogen) atoms. The Labute approximate surface area is 133 Å². The first kappa shape index (κ1) is 15.3. The van der Waals surface area contributed by atoms with Crippen molar-refractivity contribution in [3.05, 3.63) is 24.5 Å². The van der Waals surface area contributed by atoms with Crippen molar-refractivity contribution in [2.24, 2.45) is 11.8 Å². The number of anilines is 1. The Kier molecular flexibility index (Phi) is 5.30. The van der Waals surface area contributed by atoms with Gasteiger partial charge in [0.05, 0.1) is 0 Å². The van der Waals surface area contributed by atoms with E-state index in [0.29, 0.717) is 11.8 Å². The first-order valence-electron chi connectivity index (χ1n) is 8.75.